The number of amides is 1. The van der Waals surface area contributed by atoms with Gasteiger partial charge in [0.25, 0.3) is 5.91 Å². The van der Waals surface area contributed by atoms with Crippen LogP contribution in [0.5, 0.6) is 5.75 Å². The fourth-order valence-corrected chi connectivity index (χ4v) is 2.14. The maximum absolute atomic E-state index is 11.8. The Kier molecular flexibility index (Phi) is 9.03. The summed E-state index contributed by atoms with van der Waals surface area (Å²) in [5.74, 6) is 1.02. The largest absolute Gasteiger partial charge is 0.484 e. The molecule has 1 atom stereocenters. The first-order chi connectivity index (χ1) is 11.1. The van der Waals surface area contributed by atoms with E-state index in [2.05, 4.69) is 50.4 Å². The topological polar surface area (TPSA) is 50.7 Å². The van der Waals surface area contributed by atoms with Gasteiger partial charge in [0.1, 0.15) is 5.75 Å². The second-order valence-corrected chi connectivity index (χ2v) is 5.84. The van der Waals surface area contributed by atoms with Gasteiger partial charge in [0, 0.05) is 5.71 Å². The maximum Gasteiger partial charge on any atom is 0.277 e. The van der Waals surface area contributed by atoms with Crippen molar-refractivity contribution < 1.29 is 9.53 Å². The Balaban J connectivity index is 2.42. The van der Waals surface area contributed by atoms with Crippen molar-refractivity contribution in [3.63, 3.8) is 0 Å². The summed E-state index contributed by atoms with van der Waals surface area (Å²) in [7, 11) is 0. The lowest BCUT2D eigenvalue weighted by atomic mass is 9.99. The van der Waals surface area contributed by atoms with Crippen LogP contribution < -0.4 is 10.2 Å². The molecule has 1 aromatic rings. The molecule has 1 amide bonds. The average molecular weight is 318 g/mol. The number of unbranched alkanes of at least 4 members (excludes halogenated alkanes) is 1. The molecule has 0 radical (unpaired) electrons. The van der Waals surface area contributed by atoms with Crippen LogP contribution >= 0.6 is 0 Å². The Morgan fingerprint density at radius 3 is 2.48 bits per heavy atom. The number of hydrogen-bond acceptors (Lipinski definition) is 3. The Morgan fingerprint density at radius 1 is 1.22 bits per heavy atom. The number of nitrogens with one attached hydrogen (secondary N) is 1. The summed E-state index contributed by atoms with van der Waals surface area (Å²) in [6, 6.07) is 7.94. The first-order valence-electron chi connectivity index (χ1n) is 8.67. The summed E-state index contributed by atoms with van der Waals surface area (Å²) < 4.78 is 5.50. The number of nitrogens with zero attached hydrogens (tertiary/aromatic N) is 1. The highest BCUT2D eigenvalue weighted by molar-refractivity contribution is 5.86. The lowest BCUT2D eigenvalue weighted by Gasteiger charge is -2.10. The van der Waals surface area contributed by atoms with E-state index in [4.69, 9.17) is 4.74 Å². The summed E-state index contributed by atoms with van der Waals surface area (Å²) in [4.78, 5) is 11.8. The molecule has 0 fully saturated rings. The lowest BCUT2D eigenvalue weighted by molar-refractivity contribution is -0.123. The van der Waals surface area contributed by atoms with Gasteiger partial charge in [-0.1, -0.05) is 46.2 Å². The van der Waals surface area contributed by atoms with Crippen molar-refractivity contribution in [3.05, 3.63) is 29.8 Å². The Bertz CT molecular complexity index is 495. The normalized spacial score (nSPS) is 12.8. The molecule has 0 spiro atoms. The molecule has 0 bridgehead atoms. The summed E-state index contributed by atoms with van der Waals surface area (Å²) in [5.41, 5.74) is 4.89. The molecule has 0 saturated heterocycles. The fraction of sp³-hybridized carbons (Fsp3) is 0.579. The summed E-state index contributed by atoms with van der Waals surface area (Å²) in [6.45, 7) is 8.55. The highest BCUT2D eigenvalue weighted by atomic mass is 16.5. The van der Waals surface area contributed by atoms with Crippen LogP contribution in [0.2, 0.25) is 0 Å². The zero-order chi connectivity index (χ0) is 17.1. The predicted octanol–water partition coefficient (Wildman–Crippen LogP) is 4.65. The van der Waals surface area contributed by atoms with Crippen LogP contribution in [0.15, 0.2) is 29.4 Å². The third kappa shape index (κ3) is 7.31. The van der Waals surface area contributed by atoms with Crippen molar-refractivity contribution in [1.82, 2.24) is 5.43 Å². The Hall–Kier alpha value is -1.84. The standard InChI is InChI=1S/C19H30N2O2/c1-5-8-9-17(7-3)20-21-19(22)14-23-18-12-10-16(11-13-18)15(4)6-2/h10-13,15H,5-9,14H2,1-4H3,(H,21,22)/b20-17+. The number of hydrazone groups is 1. The van der Waals surface area contributed by atoms with E-state index in [9.17, 15) is 4.79 Å². The molecule has 4 heteroatoms. The van der Waals surface area contributed by atoms with E-state index in [0.717, 1.165) is 37.8 Å². The minimum atomic E-state index is -0.224. The predicted molar refractivity (Wildman–Crippen MR) is 96.0 cm³/mol. The minimum Gasteiger partial charge on any atom is -0.484 e. The second kappa shape index (κ2) is 10.8. The SMILES string of the molecule is CCCC/C(CC)=N/NC(=O)COc1ccc(C(C)CC)cc1. The zero-order valence-electron chi connectivity index (χ0n) is 14.9. The molecule has 1 aromatic carbocycles. The molecular weight excluding hydrogens is 288 g/mol. The summed E-state index contributed by atoms with van der Waals surface area (Å²) in [6.07, 6.45) is 5.13. The van der Waals surface area contributed by atoms with Crippen molar-refractivity contribution in [2.45, 2.75) is 65.7 Å². The number of benzene rings is 1. The number of carbonyl (C=O) groups excluding carboxylic acids is 1. The molecule has 128 valence electrons. The Labute approximate surface area is 140 Å². The fourth-order valence-electron chi connectivity index (χ4n) is 2.14. The molecule has 0 aliphatic rings. The molecule has 23 heavy (non-hydrogen) atoms. The second-order valence-electron chi connectivity index (χ2n) is 5.84. The van der Waals surface area contributed by atoms with E-state index < -0.39 is 0 Å². The molecule has 1 unspecified atom stereocenters. The van der Waals surface area contributed by atoms with Crippen molar-refractivity contribution in [1.29, 1.82) is 0 Å². The van der Waals surface area contributed by atoms with E-state index >= 15 is 0 Å². The summed E-state index contributed by atoms with van der Waals surface area (Å²) in [5, 5.41) is 4.18. The smallest absolute Gasteiger partial charge is 0.277 e. The van der Waals surface area contributed by atoms with Crippen molar-refractivity contribution in [3.8, 4) is 5.75 Å². The monoisotopic (exact) mass is 318 g/mol. The Morgan fingerprint density at radius 2 is 1.91 bits per heavy atom. The third-order valence-electron chi connectivity index (χ3n) is 4.00. The van der Waals surface area contributed by atoms with Crippen molar-refractivity contribution in [2.75, 3.05) is 6.61 Å². The van der Waals surface area contributed by atoms with Gasteiger partial charge in [0.05, 0.1) is 0 Å². The molecule has 0 aromatic heterocycles. The quantitative estimate of drug-likeness (QED) is 0.504. The maximum atomic E-state index is 11.8. The number of rotatable bonds is 10. The summed E-state index contributed by atoms with van der Waals surface area (Å²) >= 11 is 0. The first-order valence-corrected chi connectivity index (χ1v) is 8.67. The molecule has 0 aliphatic heterocycles. The van der Waals surface area contributed by atoms with Crippen LogP contribution in [0.3, 0.4) is 0 Å². The van der Waals surface area contributed by atoms with Crippen LogP contribution in [0.1, 0.15) is 71.3 Å². The van der Waals surface area contributed by atoms with Gasteiger partial charge >= 0.3 is 0 Å². The molecule has 0 aliphatic carbocycles. The minimum absolute atomic E-state index is 0.0169. The van der Waals surface area contributed by atoms with Gasteiger partial charge < -0.3 is 4.74 Å². The van der Waals surface area contributed by atoms with E-state index in [1.165, 1.54) is 5.56 Å². The van der Waals surface area contributed by atoms with Gasteiger partial charge in [0.15, 0.2) is 6.61 Å². The van der Waals surface area contributed by atoms with Gasteiger partial charge in [-0.15, -0.1) is 0 Å². The van der Waals surface area contributed by atoms with E-state index in [0.29, 0.717) is 11.7 Å². The average Bonchev–Trinajstić information content (AvgIpc) is 2.59. The molecule has 0 heterocycles. The number of carbonyl (C=O) groups is 1. The zero-order valence-corrected chi connectivity index (χ0v) is 14.9. The van der Waals surface area contributed by atoms with Gasteiger partial charge in [-0.25, -0.2) is 5.43 Å². The number of hydrogen-bond donors (Lipinski definition) is 1. The van der Waals surface area contributed by atoms with Crippen LogP contribution in [0, 0.1) is 0 Å². The van der Waals surface area contributed by atoms with Crippen LogP contribution in [0.4, 0.5) is 0 Å². The van der Waals surface area contributed by atoms with Crippen LogP contribution in [-0.2, 0) is 4.79 Å². The highest BCUT2D eigenvalue weighted by Gasteiger charge is 2.05. The third-order valence-corrected chi connectivity index (χ3v) is 4.00. The molecule has 1 rings (SSSR count). The van der Waals surface area contributed by atoms with Gasteiger partial charge in [-0.3, -0.25) is 4.79 Å². The first kappa shape index (κ1) is 19.2. The van der Waals surface area contributed by atoms with E-state index in [1.54, 1.807) is 0 Å². The van der Waals surface area contributed by atoms with Crippen molar-refractivity contribution >= 4 is 11.6 Å². The van der Waals surface area contributed by atoms with Gasteiger partial charge in [-0.05, 0) is 49.3 Å². The van der Waals surface area contributed by atoms with E-state index in [1.807, 2.05) is 12.1 Å². The molecule has 4 nitrogen and oxygen atoms in total. The molecule has 0 saturated carbocycles. The lowest BCUT2D eigenvalue weighted by Crippen LogP contribution is -2.25. The van der Waals surface area contributed by atoms with Crippen molar-refractivity contribution in [2.24, 2.45) is 5.10 Å². The molecule has 1 N–H and O–H groups in total. The van der Waals surface area contributed by atoms with Gasteiger partial charge in [0.2, 0.25) is 0 Å². The van der Waals surface area contributed by atoms with E-state index in [-0.39, 0.29) is 12.5 Å². The van der Waals surface area contributed by atoms with Crippen LogP contribution in [0.25, 0.3) is 0 Å². The van der Waals surface area contributed by atoms with Crippen LogP contribution in [-0.4, -0.2) is 18.2 Å². The highest BCUT2D eigenvalue weighted by Crippen LogP contribution is 2.21. The van der Waals surface area contributed by atoms with Gasteiger partial charge in [-0.2, -0.15) is 5.10 Å². The molecular formula is C19H30N2O2. The number of ether oxygens (including phenoxy) is 1.